The predicted octanol–water partition coefficient (Wildman–Crippen LogP) is -0.456. The zero-order valence-corrected chi connectivity index (χ0v) is 14.7. The Hall–Kier alpha value is -2.41. The molecule has 5 N–H and O–H groups in total. The van der Waals surface area contributed by atoms with Crippen LogP contribution >= 0.6 is 0 Å². The SMILES string of the molecule is CC[NH+](CC(=O)Nc1ccc(C(N)=O)cc1)CC(=O)NC(C)(C)C. The minimum Gasteiger partial charge on any atom is -0.366 e. The van der Waals surface area contributed by atoms with Crippen LogP contribution in [0, 0.1) is 0 Å². The highest BCUT2D eigenvalue weighted by Crippen LogP contribution is 2.08. The second-order valence-electron chi connectivity index (χ2n) is 6.75. The number of rotatable bonds is 7. The maximum atomic E-state index is 12.1. The fraction of sp³-hybridized carbons (Fsp3) is 0.471. The normalized spacial score (nSPS) is 12.3. The van der Waals surface area contributed by atoms with E-state index in [9.17, 15) is 14.4 Å². The molecule has 0 aliphatic rings. The van der Waals surface area contributed by atoms with Crippen molar-refractivity contribution in [2.75, 3.05) is 25.0 Å². The molecule has 1 aromatic carbocycles. The predicted molar refractivity (Wildman–Crippen MR) is 92.7 cm³/mol. The molecule has 0 bridgehead atoms. The van der Waals surface area contributed by atoms with E-state index in [1.54, 1.807) is 24.3 Å². The molecule has 132 valence electrons. The molecule has 24 heavy (non-hydrogen) atoms. The highest BCUT2D eigenvalue weighted by molar-refractivity contribution is 5.95. The quantitative estimate of drug-likeness (QED) is 0.542. The maximum absolute atomic E-state index is 12.1. The first-order valence-corrected chi connectivity index (χ1v) is 7.95. The summed E-state index contributed by atoms with van der Waals surface area (Å²) in [6.45, 7) is 8.75. The van der Waals surface area contributed by atoms with Crippen molar-refractivity contribution >= 4 is 23.4 Å². The number of carbonyl (C=O) groups is 3. The van der Waals surface area contributed by atoms with E-state index in [1.165, 1.54) is 0 Å². The van der Waals surface area contributed by atoms with Crippen LogP contribution in [-0.2, 0) is 9.59 Å². The summed E-state index contributed by atoms with van der Waals surface area (Å²) >= 11 is 0. The molecule has 0 saturated heterocycles. The van der Waals surface area contributed by atoms with E-state index < -0.39 is 5.91 Å². The Kier molecular flexibility index (Phi) is 6.91. The molecule has 0 radical (unpaired) electrons. The molecule has 0 spiro atoms. The summed E-state index contributed by atoms with van der Waals surface area (Å²) in [6.07, 6.45) is 0. The van der Waals surface area contributed by atoms with Crippen LogP contribution in [0.25, 0.3) is 0 Å². The summed E-state index contributed by atoms with van der Waals surface area (Å²) in [6, 6.07) is 6.35. The van der Waals surface area contributed by atoms with E-state index >= 15 is 0 Å². The summed E-state index contributed by atoms with van der Waals surface area (Å²) < 4.78 is 0. The van der Waals surface area contributed by atoms with E-state index in [-0.39, 0.29) is 30.4 Å². The molecule has 1 atom stereocenters. The van der Waals surface area contributed by atoms with E-state index in [4.69, 9.17) is 5.73 Å². The monoisotopic (exact) mass is 335 g/mol. The maximum Gasteiger partial charge on any atom is 0.279 e. The van der Waals surface area contributed by atoms with Crippen molar-refractivity contribution in [3.8, 4) is 0 Å². The lowest BCUT2D eigenvalue weighted by molar-refractivity contribution is -0.881. The second-order valence-corrected chi connectivity index (χ2v) is 6.75. The number of nitrogens with one attached hydrogen (secondary N) is 3. The first-order valence-electron chi connectivity index (χ1n) is 7.95. The molecular weight excluding hydrogens is 308 g/mol. The van der Waals surface area contributed by atoms with Crippen molar-refractivity contribution in [3.63, 3.8) is 0 Å². The van der Waals surface area contributed by atoms with Gasteiger partial charge < -0.3 is 21.3 Å². The first kappa shape index (κ1) is 19.6. The van der Waals surface area contributed by atoms with Crippen LogP contribution in [0.5, 0.6) is 0 Å². The zero-order valence-electron chi connectivity index (χ0n) is 14.7. The fourth-order valence-corrected chi connectivity index (χ4v) is 2.15. The van der Waals surface area contributed by atoms with Crippen molar-refractivity contribution in [1.82, 2.24) is 5.32 Å². The number of quaternary nitrogens is 1. The third-order valence-electron chi connectivity index (χ3n) is 3.29. The summed E-state index contributed by atoms with van der Waals surface area (Å²) in [5.41, 5.74) is 5.85. The van der Waals surface area contributed by atoms with Gasteiger partial charge in [0.25, 0.3) is 11.8 Å². The van der Waals surface area contributed by atoms with Crippen molar-refractivity contribution in [3.05, 3.63) is 29.8 Å². The van der Waals surface area contributed by atoms with Gasteiger partial charge in [0.1, 0.15) is 0 Å². The van der Waals surface area contributed by atoms with Gasteiger partial charge in [-0.05, 0) is 52.0 Å². The highest BCUT2D eigenvalue weighted by atomic mass is 16.2. The van der Waals surface area contributed by atoms with Crippen molar-refractivity contribution < 1.29 is 19.3 Å². The molecule has 0 saturated carbocycles. The zero-order chi connectivity index (χ0) is 18.3. The van der Waals surface area contributed by atoms with E-state index in [0.717, 1.165) is 4.90 Å². The van der Waals surface area contributed by atoms with Gasteiger partial charge in [-0.1, -0.05) is 0 Å². The summed E-state index contributed by atoms with van der Waals surface area (Å²) in [5, 5.41) is 5.64. The Morgan fingerprint density at radius 1 is 1.04 bits per heavy atom. The number of primary amides is 1. The summed E-state index contributed by atoms with van der Waals surface area (Å²) in [4.78, 5) is 36.0. The van der Waals surface area contributed by atoms with Gasteiger partial charge in [0, 0.05) is 16.8 Å². The fourth-order valence-electron chi connectivity index (χ4n) is 2.15. The second kappa shape index (κ2) is 8.44. The molecular formula is C17H27N4O3+. The first-order chi connectivity index (χ1) is 11.1. The van der Waals surface area contributed by atoms with E-state index in [0.29, 0.717) is 17.8 Å². The molecule has 0 aromatic heterocycles. The molecule has 7 nitrogen and oxygen atoms in total. The Labute approximate surface area is 142 Å². The number of nitrogens with two attached hydrogens (primary N) is 1. The van der Waals surface area contributed by atoms with Crippen LogP contribution in [0.4, 0.5) is 5.69 Å². The average Bonchev–Trinajstić information content (AvgIpc) is 2.44. The smallest absolute Gasteiger partial charge is 0.279 e. The number of amides is 3. The molecule has 7 heteroatoms. The van der Waals surface area contributed by atoms with Gasteiger partial charge in [-0.15, -0.1) is 0 Å². The van der Waals surface area contributed by atoms with Crippen LogP contribution in [0.15, 0.2) is 24.3 Å². The number of hydrogen-bond donors (Lipinski definition) is 4. The topological polar surface area (TPSA) is 106 Å². The molecule has 1 aromatic rings. The minimum atomic E-state index is -0.515. The molecule has 0 heterocycles. The largest absolute Gasteiger partial charge is 0.366 e. The average molecular weight is 335 g/mol. The highest BCUT2D eigenvalue weighted by Gasteiger charge is 2.20. The van der Waals surface area contributed by atoms with Gasteiger partial charge >= 0.3 is 0 Å². The van der Waals surface area contributed by atoms with Gasteiger partial charge in [0.15, 0.2) is 13.1 Å². The standard InChI is InChI=1S/C17H26N4O3/c1-5-21(11-15(23)20-17(2,3)4)10-14(22)19-13-8-6-12(7-9-13)16(18)24/h6-9H,5,10-11H2,1-4H3,(H2,18,24)(H,19,22)(H,20,23)/p+1. The molecule has 3 amide bonds. The van der Waals surface area contributed by atoms with Crippen LogP contribution < -0.4 is 21.3 Å². The van der Waals surface area contributed by atoms with Crippen molar-refractivity contribution in [2.24, 2.45) is 5.73 Å². The Morgan fingerprint density at radius 3 is 2.04 bits per heavy atom. The Bertz CT molecular complexity index is 591. The lowest BCUT2D eigenvalue weighted by Crippen LogP contribution is -3.14. The molecule has 0 fully saturated rings. The molecule has 1 unspecified atom stereocenters. The number of carbonyl (C=O) groups excluding carboxylic acids is 3. The van der Waals surface area contributed by atoms with Crippen molar-refractivity contribution in [1.29, 1.82) is 0 Å². The van der Waals surface area contributed by atoms with Crippen LogP contribution in [0.1, 0.15) is 38.1 Å². The number of anilines is 1. The number of likely N-dealkylation sites (N-methyl/N-ethyl adjacent to an activating group) is 1. The lowest BCUT2D eigenvalue weighted by Gasteiger charge is -2.23. The van der Waals surface area contributed by atoms with Gasteiger partial charge in [-0.2, -0.15) is 0 Å². The Balaban J connectivity index is 2.55. The number of hydrogen-bond acceptors (Lipinski definition) is 3. The third-order valence-corrected chi connectivity index (χ3v) is 3.29. The van der Waals surface area contributed by atoms with Gasteiger partial charge in [0.05, 0.1) is 6.54 Å². The van der Waals surface area contributed by atoms with Crippen LogP contribution in [-0.4, -0.2) is 42.9 Å². The molecule has 0 aliphatic carbocycles. The van der Waals surface area contributed by atoms with Crippen LogP contribution in [0.2, 0.25) is 0 Å². The number of benzene rings is 1. The third kappa shape index (κ3) is 7.23. The van der Waals surface area contributed by atoms with Crippen molar-refractivity contribution in [2.45, 2.75) is 33.2 Å². The van der Waals surface area contributed by atoms with Crippen LogP contribution in [0.3, 0.4) is 0 Å². The molecule has 0 aliphatic heterocycles. The summed E-state index contributed by atoms with van der Waals surface area (Å²) in [5.74, 6) is -0.792. The summed E-state index contributed by atoms with van der Waals surface area (Å²) in [7, 11) is 0. The van der Waals surface area contributed by atoms with Gasteiger partial charge in [0.2, 0.25) is 5.91 Å². The lowest BCUT2D eigenvalue weighted by atomic mass is 10.1. The van der Waals surface area contributed by atoms with E-state index in [1.807, 2.05) is 27.7 Å². The molecule has 1 rings (SSSR count). The Morgan fingerprint density at radius 2 is 1.58 bits per heavy atom. The minimum absolute atomic E-state index is 0.0852. The van der Waals surface area contributed by atoms with Gasteiger partial charge in [-0.3, -0.25) is 14.4 Å². The van der Waals surface area contributed by atoms with E-state index in [2.05, 4.69) is 10.6 Å². The van der Waals surface area contributed by atoms with Gasteiger partial charge in [-0.25, -0.2) is 0 Å².